The van der Waals surface area contributed by atoms with Gasteiger partial charge in [-0.1, -0.05) is 24.3 Å². The van der Waals surface area contributed by atoms with Crippen molar-refractivity contribution in [1.29, 1.82) is 0 Å². The van der Waals surface area contributed by atoms with Crippen LogP contribution in [0.15, 0.2) is 70.6 Å². The molecular weight excluding hydrogens is 424 g/mol. The number of amides is 2. The summed E-state index contributed by atoms with van der Waals surface area (Å²) >= 11 is 1.33. The van der Waals surface area contributed by atoms with Gasteiger partial charge in [0.2, 0.25) is 5.91 Å². The van der Waals surface area contributed by atoms with Gasteiger partial charge < -0.3 is 20.0 Å². The molecule has 0 aliphatic carbocycles. The Bertz CT molecular complexity index is 1420. The Labute approximate surface area is 187 Å². The molecule has 160 valence electrons. The SMILES string of the molecule is Cc1nc2cc(NC(=O)[C@H](Cc3c[nH]c4ccccc34)NC(=O)c3cccs3)ccc2o1. The van der Waals surface area contributed by atoms with Crippen molar-refractivity contribution in [2.24, 2.45) is 0 Å². The van der Waals surface area contributed by atoms with E-state index in [9.17, 15) is 9.59 Å². The lowest BCUT2D eigenvalue weighted by Gasteiger charge is -2.18. The van der Waals surface area contributed by atoms with Crippen molar-refractivity contribution in [3.05, 3.63) is 82.5 Å². The van der Waals surface area contributed by atoms with Crippen LogP contribution in [0.2, 0.25) is 0 Å². The fourth-order valence-electron chi connectivity index (χ4n) is 3.72. The van der Waals surface area contributed by atoms with Crippen LogP contribution in [0.25, 0.3) is 22.0 Å². The minimum atomic E-state index is -0.765. The average molecular weight is 445 g/mol. The van der Waals surface area contributed by atoms with Gasteiger partial charge >= 0.3 is 0 Å². The molecule has 2 aromatic carbocycles. The molecule has 1 atom stereocenters. The number of aromatic amines is 1. The third kappa shape index (κ3) is 4.00. The molecule has 0 radical (unpaired) electrons. The molecule has 0 aliphatic rings. The number of nitrogens with zero attached hydrogens (tertiary/aromatic N) is 1. The maximum absolute atomic E-state index is 13.2. The molecule has 0 aliphatic heterocycles. The van der Waals surface area contributed by atoms with Crippen molar-refractivity contribution in [3.63, 3.8) is 0 Å². The summed E-state index contributed by atoms with van der Waals surface area (Å²) in [5.74, 6) is -0.0220. The van der Waals surface area contributed by atoms with Gasteiger partial charge in [-0.05, 0) is 41.3 Å². The predicted molar refractivity (Wildman–Crippen MR) is 125 cm³/mol. The summed E-state index contributed by atoms with van der Waals surface area (Å²) in [7, 11) is 0. The van der Waals surface area contributed by atoms with Crippen LogP contribution >= 0.6 is 11.3 Å². The third-order valence-corrected chi connectivity index (χ3v) is 6.10. The molecule has 7 nitrogen and oxygen atoms in total. The number of para-hydroxylation sites is 1. The highest BCUT2D eigenvalue weighted by atomic mass is 32.1. The quantitative estimate of drug-likeness (QED) is 0.355. The molecule has 0 bridgehead atoms. The standard InChI is InChI=1S/C24H20N4O3S/c1-14-26-19-12-16(8-9-21(19)31-14)27-23(29)20(28-24(30)22-7-4-10-32-22)11-15-13-25-18-6-3-2-5-17(15)18/h2-10,12-13,20,25H,11H2,1H3,(H,27,29)(H,28,30)/t20-/m0/s1. The number of benzene rings is 2. The number of oxazole rings is 1. The average Bonchev–Trinajstić information content (AvgIpc) is 3.52. The topological polar surface area (TPSA) is 100 Å². The molecule has 2 amide bonds. The van der Waals surface area contributed by atoms with E-state index in [1.165, 1.54) is 11.3 Å². The number of H-pyrrole nitrogens is 1. The number of carbonyl (C=O) groups excluding carboxylic acids is 2. The van der Waals surface area contributed by atoms with Gasteiger partial charge in [0.1, 0.15) is 11.6 Å². The number of nitrogens with one attached hydrogen (secondary N) is 3. The summed E-state index contributed by atoms with van der Waals surface area (Å²) in [4.78, 5) is 34.1. The lowest BCUT2D eigenvalue weighted by atomic mass is 10.0. The van der Waals surface area contributed by atoms with Crippen molar-refractivity contribution in [2.75, 3.05) is 5.32 Å². The summed E-state index contributed by atoms with van der Waals surface area (Å²) in [5.41, 5.74) is 3.84. The van der Waals surface area contributed by atoms with Crippen LogP contribution in [-0.4, -0.2) is 27.8 Å². The smallest absolute Gasteiger partial charge is 0.262 e. The molecule has 3 N–H and O–H groups in total. The first kappa shape index (κ1) is 20.0. The summed E-state index contributed by atoms with van der Waals surface area (Å²) < 4.78 is 5.50. The van der Waals surface area contributed by atoms with Gasteiger partial charge in [-0.2, -0.15) is 0 Å². The van der Waals surface area contributed by atoms with E-state index in [1.54, 1.807) is 31.2 Å². The highest BCUT2D eigenvalue weighted by Gasteiger charge is 2.24. The molecule has 32 heavy (non-hydrogen) atoms. The molecule has 0 saturated heterocycles. The second kappa shape index (κ2) is 8.32. The van der Waals surface area contributed by atoms with E-state index in [2.05, 4.69) is 20.6 Å². The summed E-state index contributed by atoms with van der Waals surface area (Å²) in [5, 5.41) is 8.66. The Morgan fingerprint density at radius 1 is 1.16 bits per heavy atom. The van der Waals surface area contributed by atoms with Gasteiger partial charge in [0.05, 0.1) is 4.88 Å². The molecule has 0 spiro atoms. The van der Waals surface area contributed by atoms with Crippen LogP contribution in [0.1, 0.15) is 21.1 Å². The van der Waals surface area contributed by atoms with Gasteiger partial charge in [-0.3, -0.25) is 9.59 Å². The van der Waals surface area contributed by atoms with E-state index >= 15 is 0 Å². The van der Waals surface area contributed by atoms with Crippen molar-refractivity contribution in [1.82, 2.24) is 15.3 Å². The monoisotopic (exact) mass is 444 g/mol. The van der Waals surface area contributed by atoms with Crippen LogP contribution < -0.4 is 10.6 Å². The minimum absolute atomic E-state index is 0.275. The minimum Gasteiger partial charge on any atom is -0.441 e. The first-order valence-electron chi connectivity index (χ1n) is 10.1. The zero-order chi connectivity index (χ0) is 22.1. The van der Waals surface area contributed by atoms with Crippen LogP contribution in [0.5, 0.6) is 0 Å². The first-order chi connectivity index (χ1) is 15.6. The fourth-order valence-corrected chi connectivity index (χ4v) is 4.34. The number of rotatable bonds is 6. The third-order valence-electron chi connectivity index (χ3n) is 5.23. The van der Waals surface area contributed by atoms with E-state index < -0.39 is 6.04 Å². The molecule has 0 unspecified atom stereocenters. The van der Waals surface area contributed by atoms with Crippen molar-refractivity contribution < 1.29 is 14.0 Å². The van der Waals surface area contributed by atoms with Crippen LogP contribution in [0, 0.1) is 6.92 Å². The van der Waals surface area contributed by atoms with Crippen molar-refractivity contribution in [2.45, 2.75) is 19.4 Å². The van der Waals surface area contributed by atoms with E-state index in [-0.39, 0.29) is 11.8 Å². The molecule has 0 fully saturated rings. The van der Waals surface area contributed by atoms with Crippen LogP contribution in [0.3, 0.4) is 0 Å². The fraction of sp³-hybridized carbons (Fsp3) is 0.125. The molecule has 3 heterocycles. The van der Waals surface area contributed by atoms with Crippen LogP contribution in [-0.2, 0) is 11.2 Å². The highest BCUT2D eigenvalue weighted by Crippen LogP contribution is 2.22. The Balaban J connectivity index is 1.41. The van der Waals surface area contributed by atoms with Gasteiger partial charge in [0, 0.05) is 36.1 Å². The Kier molecular flexibility index (Phi) is 5.20. The number of anilines is 1. The Morgan fingerprint density at radius 2 is 2.03 bits per heavy atom. The van der Waals surface area contributed by atoms with Crippen molar-refractivity contribution in [3.8, 4) is 0 Å². The largest absolute Gasteiger partial charge is 0.441 e. The molecule has 5 aromatic rings. The van der Waals surface area contributed by atoms with E-state index in [4.69, 9.17) is 4.42 Å². The maximum atomic E-state index is 13.2. The predicted octanol–water partition coefficient (Wildman–Crippen LogP) is 4.66. The molecule has 0 saturated carbocycles. The normalized spacial score (nSPS) is 12.2. The zero-order valence-electron chi connectivity index (χ0n) is 17.2. The number of hydrogen-bond donors (Lipinski definition) is 3. The highest BCUT2D eigenvalue weighted by molar-refractivity contribution is 7.12. The molecular formula is C24H20N4O3S. The van der Waals surface area contributed by atoms with E-state index in [0.29, 0.717) is 34.0 Å². The number of thiophene rings is 1. The molecule has 3 aromatic heterocycles. The summed E-state index contributed by atoms with van der Waals surface area (Å²) in [6.45, 7) is 1.77. The second-order valence-electron chi connectivity index (χ2n) is 7.47. The van der Waals surface area contributed by atoms with Gasteiger partial charge in [-0.25, -0.2) is 4.98 Å². The number of hydrogen-bond acceptors (Lipinski definition) is 5. The Morgan fingerprint density at radius 3 is 2.88 bits per heavy atom. The van der Waals surface area contributed by atoms with Crippen LogP contribution in [0.4, 0.5) is 5.69 Å². The van der Waals surface area contributed by atoms with E-state index in [0.717, 1.165) is 16.5 Å². The zero-order valence-corrected chi connectivity index (χ0v) is 18.0. The number of carbonyl (C=O) groups is 2. The summed E-state index contributed by atoms with van der Waals surface area (Å²) in [6.07, 6.45) is 2.23. The van der Waals surface area contributed by atoms with Crippen molar-refractivity contribution >= 4 is 50.8 Å². The van der Waals surface area contributed by atoms with Gasteiger partial charge in [0.25, 0.3) is 5.91 Å². The first-order valence-corrected chi connectivity index (χ1v) is 11.0. The summed E-state index contributed by atoms with van der Waals surface area (Å²) in [6, 6.07) is 15.9. The lowest BCUT2D eigenvalue weighted by Crippen LogP contribution is -2.45. The number of fused-ring (bicyclic) bond motifs is 2. The second-order valence-corrected chi connectivity index (χ2v) is 8.42. The Hall–Kier alpha value is -3.91. The lowest BCUT2D eigenvalue weighted by molar-refractivity contribution is -0.118. The number of aryl methyl sites for hydroxylation is 1. The molecule has 5 rings (SSSR count). The van der Waals surface area contributed by atoms with Gasteiger partial charge in [0.15, 0.2) is 11.5 Å². The van der Waals surface area contributed by atoms with E-state index in [1.807, 2.05) is 41.9 Å². The van der Waals surface area contributed by atoms with Gasteiger partial charge in [-0.15, -0.1) is 11.3 Å². The number of aromatic nitrogens is 2. The molecule has 8 heteroatoms. The maximum Gasteiger partial charge on any atom is 0.262 e.